The van der Waals surface area contributed by atoms with Crippen LogP contribution in [0.25, 0.3) is 0 Å². The van der Waals surface area contributed by atoms with Crippen LogP contribution >= 0.6 is 0 Å². The monoisotopic (exact) mass is 284 g/mol. The van der Waals surface area contributed by atoms with Gasteiger partial charge < -0.3 is 10.2 Å². The van der Waals surface area contributed by atoms with Crippen molar-refractivity contribution in [1.82, 2.24) is 4.90 Å². The molecule has 1 aromatic carbocycles. The Balaban J connectivity index is 1.65. The molecule has 0 saturated heterocycles. The second-order valence-corrected chi connectivity index (χ2v) is 6.09. The van der Waals surface area contributed by atoms with Crippen molar-refractivity contribution in [2.45, 2.75) is 44.8 Å². The summed E-state index contributed by atoms with van der Waals surface area (Å²) in [7, 11) is 0. The predicted octanol–water partition coefficient (Wildman–Crippen LogP) is 3.51. The fourth-order valence-corrected chi connectivity index (χ4v) is 2.68. The van der Waals surface area contributed by atoms with Gasteiger partial charge >= 0.3 is 0 Å². The highest BCUT2D eigenvalue weighted by Gasteiger charge is 2.29. The maximum Gasteiger partial charge on any atom is 0.117 e. The minimum absolute atomic E-state index is 0.432. The van der Waals surface area contributed by atoms with Gasteiger partial charge in [-0.25, -0.2) is 0 Å². The van der Waals surface area contributed by atoms with Crippen molar-refractivity contribution in [2.75, 3.05) is 6.54 Å². The first-order valence-corrected chi connectivity index (χ1v) is 7.81. The molecule has 1 unspecified atom stereocenters. The van der Waals surface area contributed by atoms with E-state index in [0.29, 0.717) is 12.5 Å². The lowest BCUT2D eigenvalue weighted by Gasteiger charge is -2.21. The molecule has 2 N–H and O–H groups in total. The summed E-state index contributed by atoms with van der Waals surface area (Å²) in [5.74, 6) is 1.48. The number of benzene rings is 1. The molecule has 2 aromatic rings. The fraction of sp³-hybridized carbons (Fsp3) is 0.444. The maximum atomic E-state index is 5.73. The predicted molar refractivity (Wildman–Crippen MR) is 84.9 cm³/mol. The van der Waals surface area contributed by atoms with Crippen LogP contribution < -0.4 is 5.73 Å². The van der Waals surface area contributed by atoms with Gasteiger partial charge in [-0.2, -0.15) is 0 Å². The lowest BCUT2D eigenvalue weighted by atomic mass is 10.00. The summed E-state index contributed by atoms with van der Waals surface area (Å²) in [5, 5.41) is 0. The molecule has 21 heavy (non-hydrogen) atoms. The highest BCUT2D eigenvalue weighted by Crippen LogP contribution is 2.30. The van der Waals surface area contributed by atoms with Crippen LogP contribution in [-0.2, 0) is 13.1 Å². The van der Waals surface area contributed by atoms with E-state index >= 15 is 0 Å². The molecular weight excluding hydrogens is 260 g/mol. The Morgan fingerprint density at radius 1 is 1.19 bits per heavy atom. The van der Waals surface area contributed by atoms with Crippen molar-refractivity contribution < 1.29 is 4.42 Å². The number of nitrogens with zero attached hydrogens (tertiary/aromatic N) is 1. The third-order valence-electron chi connectivity index (χ3n) is 4.29. The smallest absolute Gasteiger partial charge is 0.117 e. The van der Waals surface area contributed by atoms with Gasteiger partial charge in [0.2, 0.25) is 0 Å². The topological polar surface area (TPSA) is 42.4 Å². The van der Waals surface area contributed by atoms with Crippen LogP contribution in [0.4, 0.5) is 0 Å². The average molecular weight is 284 g/mol. The summed E-state index contributed by atoms with van der Waals surface area (Å²) < 4.78 is 5.49. The summed E-state index contributed by atoms with van der Waals surface area (Å²) in [5.41, 5.74) is 8.41. The Labute approximate surface area is 126 Å². The second kappa shape index (κ2) is 6.46. The Hall–Kier alpha value is -1.58. The van der Waals surface area contributed by atoms with Gasteiger partial charge in [0, 0.05) is 12.6 Å². The zero-order valence-corrected chi connectivity index (χ0v) is 12.7. The Bertz CT molecular complexity index is 543. The Kier molecular flexibility index (Phi) is 4.42. The van der Waals surface area contributed by atoms with E-state index in [1.165, 1.54) is 24.0 Å². The molecule has 0 spiro atoms. The first-order valence-electron chi connectivity index (χ1n) is 7.81. The van der Waals surface area contributed by atoms with E-state index in [9.17, 15) is 0 Å². The average Bonchev–Trinajstić information content (AvgIpc) is 3.24. The van der Waals surface area contributed by atoms with Crippen LogP contribution in [0.1, 0.15) is 42.6 Å². The fourth-order valence-electron chi connectivity index (χ4n) is 2.68. The zero-order valence-electron chi connectivity index (χ0n) is 12.7. The quantitative estimate of drug-likeness (QED) is 0.846. The summed E-state index contributed by atoms with van der Waals surface area (Å²) in [4.78, 5) is 2.51. The molecule has 1 aliphatic carbocycles. The molecule has 1 fully saturated rings. The van der Waals surface area contributed by atoms with Crippen LogP contribution in [0, 0.1) is 0 Å². The highest BCUT2D eigenvalue weighted by atomic mass is 16.3. The van der Waals surface area contributed by atoms with Crippen LogP contribution in [0.3, 0.4) is 0 Å². The first kappa shape index (κ1) is 14.4. The molecule has 1 saturated carbocycles. The van der Waals surface area contributed by atoms with Gasteiger partial charge in [-0.05, 0) is 48.6 Å². The molecule has 1 heterocycles. The second-order valence-electron chi connectivity index (χ2n) is 6.09. The van der Waals surface area contributed by atoms with Gasteiger partial charge in [0.15, 0.2) is 0 Å². The van der Waals surface area contributed by atoms with Crippen LogP contribution in [0.5, 0.6) is 0 Å². The molecule has 3 heteroatoms. The zero-order chi connectivity index (χ0) is 14.7. The van der Waals surface area contributed by atoms with Crippen molar-refractivity contribution in [3.05, 3.63) is 59.5 Å². The molecule has 0 aliphatic heterocycles. The summed E-state index contributed by atoms with van der Waals surface area (Å²) in [6, 6.07) is 13.6. The van der Waals surface area contributed by atoms with Crippen molar-refractivity contribution in [1.29, 1.82) is 0 Å². The number of hydrogen-bond acceptors (Lipinski definition) is 3. The largest absolute Gasteiger partial charge is 0.468 e. The molecule has 3 nitrogen and oxygen atoms in total. The number of rotatable bonds is 7. The van der Waals surface area contributed by atoms with Crippen molar-refractivity contribution in [3.8, 4) is 0 Å². The third-order valence-corrected chi connectivity index (χ3v) is 4.29. The highest BCUT2D eigenvalue weighted by molar-refractivity contribution is 5.25. The number of nitrogens with two attached hydrogens (primary N) is 1. The van der Waals surface area contributed by atoms with Crippen molar-refractivity contribution in [3.63, 3.8) is 0 Å². The molecule has 0 radical (unpaired) electrons. The maximum absolute atomic E-state index is 5.73. The van der Waals surface area contributed by atoms with Gasteiger partial charge in [0.25, 0.3) is 0 Å². The molecule has 112 valence electrons. The van der Waals surface area contributed by atoms with Crippen LogP contribution in [0.15, 0.2) is 47.1 Å². The molecule has 1 atom stereocenters. The molecule has 1 aromatic heterocycles. The van der Waals surface area contributed by atoms with E-state index in [1.807, 2.05) is 6.07 Å². The lowest BCUT2D eigenvalue weighted by molar-refractivity contribution is 0.225. The number of furan rings is 1. The van der Waals surface area contributed by atoms with E-state index in [4.69, 9.17) is 10.2 Å². The molecule has 3 rings (SSSR count). The van der Waals surface area contributed by atoms with E-state index in [2.05, 4.69) is 42.2 Å². The number of hydrogen-bond donors (Lipinski definition) is 1. The van der Waals surface area contributed by atoms with Crippen LogP contribution in [0.2, 0.25) is 0 Å². The van der Waals surface area contributed by atoms with E-state index in [0.717, 1.165) is 24.9 Å². The van der Waals surface area contributed by atoms with E-state index in [1.54, 1.807) is 6.26 Å². The van der Waals surface area contributed by atoms with E-state index in [-0.39, 0.29) is 0 Å². The van der Waals surface area contributed by atoms with Crippen molar-refractivity contribution in [2.24, 2.45) is 5.73 Å². The van der Waals surface area contributed by atoms with Crippen molar-refractivity contribution >= 4 is 0 Å². The van der Waals surface area contributed by atoms with Gasteiger partial charge in [0.1, 0.15) is 5.76 Å². The minimum Gasteiger partial charge on any atom is -0.468 e. The van der Waals surface area contributed by atoms with Gasteiger partial charge in [0.05, 0.1) is 12.8 Å². The molecular formula is C18H24N2O. The van der Waals surface area contributed by atoms with Gasteiger partial charge in [-0.15, -0.1) is 0 Å². The SMILES string of the molecule is CC(CN)c1ccc(CN(Cc2ccco2)C2CC2)cc1. The molecule has 0 bridgehead atoms. The van der Waals surface area contributed by atoms with Crippen LogP contribution in [-0.4, -0.2) is 17.5 Å². The first-order chi connectivity index (χ1) is 10.3. The third kappa shape index (κ3) is 3.74. The minimum atomic E-state index is 0.432. The Morgan fingerprint density at radius 3 is 2.52 bits per heavy atom. The Morgan fingerprint density at radius 2 is 1.95 bits per heavy atom. The summed E-state index contributed by atoms with van der Waals surface area (Å²) in [6.45, 7) is 4.76. The summed E-state index contributed by atoms with van der Waals surface area (Å²) in [6.07, 6.45) is 4.37. The van der Waals surface area contributed by atoms with Gasteiger partial charge in [-0.1, -0.05) is 31.2 Å². The van der Waals surface area contributed by atoms with Gasteiger partial charge in [-0.3, -0.25) is 4.90 Å². The molecule has 0 amide bonds. The normalized spacial score (nSPS) is 16.3. The standard InChI is InChI=1S/C18H24N2O/c1-14(11-19)16-6-4-15(5-7-16)12-20(17-8-9-17)13-18-3-2-10-21-18/h2-7,10,14,17H,8-9,11-13,19H2,1H3. The lowest BCUT2D eigenvalue weighted by Crippen LogP contribution is -2.24. The summed E-state index contributed by atoms with van der Waals surface area (Å²) >= 11 is 0. The molecule has 1 aliphatic rings. The van der Waals surface area contributed by atoms with E-state index < -0.39 is 0 Å².